The van der Waals surface area contributed by atoms with Crippen LogP contribution in [0.3, 0.4) is 0 Å². The van der Waals surface area contributed by atoms with Crippen LogP contribution in [0.1, 0.15) is 78.9 Å². The van der Waals surface area contributed by atoms with E-state index in [1.165, 1.54) is 29.8 Å². The molecule has 2 aromatic carbocycles. The Morgan fingerprint density at radius 3 is 2.42 bits per heavy atom. The van der Waals surface area contributed by atoms with Crippen LogP contribution in [0, 0.1) is 12.8 Å². The molecule has 1 aliphatic carbocycles. The predicted octanol–water partition coefficient (Wildman–Crippen LogP) is 4.31. The number of carbonyl (C=O) groups is 4. The van der Waals surface area contributed by atoms with E-state index in [9.17, 15) is 24.3 Å². The van der Waals surface area contributed by atoms with Gasteiger partial charge in [-0.1, -0.05) is 61.6 Å². The van der Waals surface area contributed by atoms with Gasteiger partial charge in [-0.3, -0.25) is 19.2 Å². The zero-order chi connectivity index (χ0) is 28.6. The summed E-state index contributed by atoms with van der Waals surface area (Å²) in [4.78, 5) is 55.9. The molecule has 4 rings (SSSR count). The first-order valence-corrected chi connectivity index (χ1v) is 14.1. The highest BCUT2D eigenvalue weighted by molar-refractivity contribution is 5.99. The van der Waals surface area contributed by atoms with Crippen molar-refractivity contribution in [3.63, 3.8) is 0 Å². The standard InChI is InChI=1S/C31H39N3O6/c1-21-8-5-11-23(18-21)26(20-28(36)37)32-29(38)30-33(27(35)15-14-22-9-3-4-10-22)16-7-17-34(30)31(39)24-12-6-13-25(19-24)40-2/h5-6,8,11-13,18-19,22,26,30H,3-4,7,9-10,14-17,20H2,1-2H3,(H,32,38)(H,36,37). The zero-order valence-electron chi connectivity index (χ0n) is 23.3. The maximum absolute atomic E-state index is 14.0. The van der Waals surface area contributed by atoms with E-state index in [-0.39, 0.29) is 18.9 Å². The number of methoxy groups -OCH3 is 1. The van der Waals surface area contributed by atoms with Crippen LogP contribution in [0.2, 0.25) is 0 Å². The molecule has 9 heteroatoms. The molecule has 1 saturated carbocycles. The number of aliphatic carboxylic acids is 1. The van der Waals surface area contributed by atoms with E-state index in [1.54, 1.807) is 30.3 Å². The molecule has 1 aliphatic heterocycles. The van der Waals surface area contributed by atoms with Gasteiger partial charge in [-0.05, 0) is 49.4 Å². The summed E-state index contributed by atoms with van der Waals surface area (Å²) in [6.07, 6.45) is 4.68. The molecule has 1 heterocycles. The highest BCUT2D eigenvalue weighted by Gasteiger charge is 2.41. The normalized spacial score (nSPS) is 18.3. The molecule has 2 N–H and O–H groups in total. The van der Waals surface area contributed by atoms with Crippen molar-refractivity contribution in [2.45, 2.75) is 70.5 Å². The van der Waals surface area contributed by atoms with Gasteiger partial charge in [-0.25, -0.2) is 0 Å². The Kier molecular flexibility index (Phi) is 9.79. The summed E-state index contributed by atoms with van der Waals surface area (Å²) in [5.74, 6) is -1.17. The minimum atomic E-state index is -1.19. The summed E-state index contributed by atoms with van der Waals surface area (Å²) in [5.41, 5.74) is 1.92. The van der Waals surface area contributed by atoms with Gasteiger partial charge >= 0.3 is 5.97 Å². The maximum atomic E-state index is 14.0. The smallest absolute Gasteiger partial charge is 0.305 e. The van der Waals surface area contributed by atoms with Crippen LogP contribution in [-0.2, 0) is 14.4 Å². The fourth-order valence-corrected chi connectivity index (χ4v) is 5.83. The molecule has 2 atom stereocenters. The summed E-state index contributed by atoms with van der Waals surface area (Å²) in [5, 5.41) is 12.5. The number of hydrogen-bond donors (Lipinski definition) is 2. The van der Waals surface area contributed by atoms with Crippen molar-refractivity contribution in [2.75, 3.05) is 20.2 Å². The molecule has 0 bridgehead atoms. The quantitative estimate of drug-likeness (QED) is 0.456. The van der Waals surface area contributed by atoms with Crippen LogP contribution in [-0.4, -0.2) is 65.0 Å². The number of hydrogen-bond acceptors (Lipinski definition) is 5. The Balaban J connectivity index is 1.63. The second-order valence-electron chi connectivity index (χ2n) is 10.8. The van der Waals surface area contributed by atoms with Gasteiger partial charge in [0.15, 0.2) is 6.17 Å². The first-order valence-electron chi connectivity index (χ1n) is 14.1. The molecule has 9 nitrogen and oxygen atoms in total. The first kappa shape index (κ1) is 29.1. The van der Waals surface area contributed by atoms with Crippen LogP contribution >= 0.6 is 0 Å². The highest BCUT2D eigenvalue weighted by Crippen LogP contribution is 2.30. The highest BCUT2D eigenvalue weighted by atomic mass is 16.5. The van der Waals surface area contributed by atoms with E-state index >= 15 is 0 Å². The minimum absolute atomic E-state index is 0.166. The number of ether oxygens (including phenoxy) is 1. The van der Waals surface area contributed by atoms with Crippen molar-refractivity contribution in [1.82, 2.24) is 15.1 Å². The molecule has 40 heavy (non-hydrogen) atoms. The van der Waals surface area contributed by atoms with Crippen molar-refractivity contribution in [3.8, 4) is 5.75 Å². The second kappa shape index (κ2) is 13.5. The third-order valence-corrected chi connectivity index (χ3v) is 7.90. The summed E-state index contributed by atoms with van der Waals surface area (Å²) < 4.78 is 5.28. The van der Waals surface area contributed by atoms with Crippen molar-refractivity contribution >= 4 is 23.7 Å². The molecule has 0 radical (unpaired) electrons. The number of carbonyl (C=O) groups excluding carboxylic acids is 3. The van der Waals surface area contributed by atoms with Crippen molar-refractivity contribution in [3.05, 3.63) is 65.2 Å². The Hall–Kier alpha value is -3.88. The van der Waals surface area contributed by atoms with E-state index < -0.39 is 30.0 Å². The SMILES string of the molecule is COc1cccc(C(=O)N2CCCN(C(=O)CCC3CCCC3)C2C(=O)NC(CC(=O)O)c2cccc(C)c2)c1. The van der Waals surface area contributed by atoms with E-state index in [4.69, 9.17) is 4.74 Å². The van der Waals surface area contributed by atoms with Crippen LogP contribution in [0.4, 0.5) is 0 Å². The van der Waals surface area contributed by atoms with Crippen LogP contribution < -0.4 is 10.1 Å². The lowest BCUT2D eigenvalue weighted by Gasteiger charge is -2.43. The molecule has 214 valence electrons. The van der Waals surface area contributed by atoms with E-state index in [2.05, 4.69) is 5.32 Å². The molecule has 2 fully saturated rings. The predicted molar refractivity (Wildman–Crippen MR) is 150 cm³/mol. The largest absolute Gasteiger partial charge is 0.497 e. The number of carboxylic acids is 1. The fraction of sp³-hybridized carbons (Fsp3) is 0.484. The molecule has 2 aromatic rings. The second-order valence-corrected chi connectivity index (χ2v) is 10.8. The molecule has 0 spiro atoms. The minimum Gasteiger partial charge on any atom is -0.497 e. The van der Waals surface area contributed by atoms with Gasteiger partial charge in [0.1, 0.15) is 5.75 Å². The Bertz CT molecular complexity index is 1230. The third-order valence-electron chi connectivity index (χ3n) is 7.90. The van der Waals surface area contributed by atoms with Gasteiger partial charge in [-0.2, -0.15) is 0 Å². The summed E-state index contributed by atoms with van der Waals surface area (Å²) in [6.45, 7) is 2.52. The Morgan fingerprint density at radius 2 is 1.73 bits per heavy atom. The monoisotopic (exact) mass is 549 g/mol. The van der Waals surface area contributed by atoms with E-state index in [0.29, 0.717) is 42.2 Å². The summed E-state index contributed by atoms with van der Waals surface area (Å²) in [6, 6.07) is 13.2. The van der Waals surface area contributed by atoms with Crippen LogP contribution in [0.15, 0.2) is 48.5 Å². The lowest BCUT2D eigenvalue weighted by Crippen LogP contribution is -2.63. The molecular weight excluding hydrogens is 510 g/mol. The van der Waals surface area contributed by atoms with Crippen molar-refractivity contribution in [1.29, 1.82) is 0 Å². The topological polar surface area (TPSA) is 116 Å². The van der Waals surface area contributed by atoms with Crippen LogP contribution in [0.25, 0.3) is 0 Å². The zero-order valence-corrected chi connectivity index (χ0v) is 23.3. The van der Waals surface area contributed by atoms with Gasteiger partial charge in [0.2, 0.25) is 5.91 Å². The number of aryl methyl sites for hydroxylation is 1. The van der Waals surface area contributed by atoms with Gasteiger partial charge in [0.05, 0.1) is 19.6 Å². The Labute approximate surface area is 235 Å². The van der Waals surface area contributed by atoms with Crippen molar-refractivity contribution < 1.29 is 29.0 Å². The lowest BCUT2D eigenvalue weighted by atomic mass is 10.00. The average Bonchev–Trinajstić information content (AvgIpc) is 3.48. The average molecular weight is 550 g/mol. The van der Waals surface area contributed by atoms with Gasteiger partial charge in [0, 0.05) is 25.1 Å². The Morgan fingerprint density at radius 1 is 1.00 bits per heavy atom. The third kappa shape index (κ3) is 7.20. The van der Waals surface area contributed by atoms with Gasteiger partial charge in [0.25, 0.3) is 11.8 Å². The van der Waals surface area contributed by atoms with Crippen LogP contribution in [0.5, 0.6) is 5.75 Å². The number of carboxylic acid groups (broad SMARTS) is 1. The molecule has 1 saturated heterocycles. The number of nitrogens with one attached hydrogen (secondary N) is 1. The van der Waals surface area contributed by atoms with Crippen molar-refractivity contribution in [2.24, 2.45) is 5.92 Å². The number of nitrogens with zero attached hydrogens (tertiary/aromatic N) is 2. The molecule has 3 amide bonds. The van der Waals surface area contributed by atoms with E-state index in [0.717, 1.165) is 24.8 Å². The van der Waals surface area contributed by atoms with E-state index in [1.807, 2.05) is 25.1 Å². The van der Waals surface area contributed by atoms with Gasteiger partial charge in [-0.15, -0.1) is 0 Å². The van der Waals surface area contributed by atoms with Gasteiger partial charge < -0.3 is 25.0 Å². The summed E-state index contributed by atoms with van der Waals surface area (Å²) >= 11 is 0. The number of amides is 3. The molecule has 0 aromatic heterocycles. The molecule has 2 aliphatic rings. The molecular formula is C31H39N3O6. The molecule has 2 unspecified atom stereocenters. The maximum Gasteiger partial charge on any atom is 0.305 e. The fourth-order valence-electron chi connectivity index (χ4n) is 5.83. The number of benzene rings is 2. The number of rotatable bonds is 10. The summed E-state index contributed by atoms with van der Waals surface area (Å²) in [7, 11) is 1.51. The first-order chi connectivity index (χ1) is 19.3. The lowest BCUT2D eigenvalue weighted by molar-refractivity contribution is -0.150.